The largest absolute Gasteiger partial charge is 0.394 e. The van der Waals surface area contributed by atoms with Gasteiger partial charge in [-0.05, 0) is 0 Å². The fourth-order valence-electron chi connectivity index (χ4n) is 2.51. The topological polar surface area (TPSA) is 123 Å². The molecule has 114 valence electrons. The van der Waals surface area contributed by atoms with Crippen LogP contribution in [-0.4, -0.2) is 68.7 Å². The summed E-state index contributed by atoms with van der Waals surface area (Å²) < 4.78 is 7.23. The van der Waals surface area contributed by atoms with Crippen molar-refractivity contribution in [2.45, 2.75) is 24.5 Å². The summed E-state index contributed by atoms with van der Waals surface area (Å²) in [6.07, 6.45) is 0.676. The van der Waals surface area contributed by atoms with Crippen molar-refractivity contribution in [1.82, 2.24) is 19.5 Å². The molecule has 2 aromatic heterocycles. The highest BCUT2D eigenvalue weighted by Gasteiger charge is 2.42. The van der Waals surface area contributed by atoms with E-state index in [1.807, 2.05) is 19.0 Å². The molecule has 21 heavy (non-hydrogen) atoms. The average molecular weight is 294 g/mol. The van der Waals surface area contributed by atoms with Crippen molar-refractivity contribution >= 4 is 17.0 Å². The Labute approximate surface area is 121 Å². The molecule has 0 amide bonds. The summed E-state index contributed by atoms with van der Waals surface area (Å²) in [7, 11) is 3.72. The SMILES string of the molecule is CN(C)c1ncnc2c1ncn2[C@H]1O[C@H](CO)[C@@H](N)[C@@H]1O. The molecule has 9 heteroatoms. The van der Waals surface area contributed by atoms with Gasteiger partial charge in [0, 0.05) is 14.1 Å². The molecule has 0 aromatic carbocycles. The second-order valence-electron chi connectivity index (χ2n) is 5.23. The van der Waals surface area contributed by atoms with E-state index < -0.39 is 24.5 Å². The van der Waals surface area contributed by atoms with Crippen LogP contribution >= 0.6 is 0 Å². The van der Waals surface area contributed by atoms with Gasteiger partial charge in [0.25, 0.3) is 0 Å². The first-order valence-electron chi connectivity index (χ1n) is 6.59. The number of anilines is 1. The first-order valence-corrected chi connectivity index (χ1v) is 6.59. The van der Waals surface area contributed by atoms with Crippen molar-refractivity contribution in [2.24, 2.45) is 5.73 Å². The van der Waals surface area contributed by atoms with E-state index in [2.05, 4.69) is 15.0 Å². The normalized spacial score (nSPS) is 29.2. The highest BCUT2D eigenvalue weighted by molar-refractivity contribution is 5.83. The molecule has 4 atom stereocenters. The van der Waals surface area contributed by atoms with E-state index in [-0.39, 0.29) is 6.61 Å². The number of hydrogen-bond donors (Lipinski definition) is 3. The lowest BCUT2D eigenvalue weighted by Gasteiger charge is -2.17. The van der Waals surface area contributed by atoms with Crippen molar-refractivity contribution in [3.63, 3.8) is 0 Å². The van der Waals surface area contributed by atoms with E-state index in [1.165, 1.54) is 12.7 Å². The van der Waals surface area contributed by atoms with Gasteiger partial charge in [0.15, 0.2) is 23.2 Å². The third kappa shape index (κ3) is 2.14. The molecule has 0 spiro atoms. The van der Waals surface area contributed by atoms with E-state index in [9.17, 15) is 10.2 Å². The van der Waals surface area contributed by atoms with Crippen molar-refractivity contribution in [3.05, 3.63) is 12.7 Å². The van der Waals surface area contributed by atoms with Gasteiger partial charge in [0.2, 0.25) is 0 Å². The second kappa shape index (κ2) is 5.19. The predicted octanol–water partition coefficient (Wildman–Crippen LogP) is -1.53. The Morgan fingerprint density at radius 1 is 1.38 bits per heavy atom. The molecule has 0 aliphatic carbocycles. The number of aromatic nitrogens is 4. The van der Waals surface area contributed by atoms with Crippen LogP contribution in [0.3, 0.4) is 0 Å². The Balaban J connectivity index is 2.04. The molecule has 0 saturated carbocycles. The number of nitrogens with zero attached hydrogens (tertiary/aromatic N) is 5. The van der Waals surface area contributed by atoms with Crippen LogP contribution < -0.4 is 10.6 Å². The quantitative estimate of drug-likeness (QED) is 0.623. The van der Waals surface area contributed by atoms with Crippen molar-refractivity contribution in [2.75, 3.05) is 25.6 Å². The maximum Gasteiger partial charge on any atom is 0.167 e. The van der Waals surface area contributed by atoms with E-state index in [0.29, 0.717) is 17.0 Å². The van der Waals surface area contributed by atoms with Crippen molar-refractivity contribution < 1.29 is 14.9 Å². The van der Waals surface area contributed by atoms with Crippen LogP contribution in [0.25, 0.3) is 11.2 Å². The first kappa shape index (κ1) is 14.1. The van der Waals surface area contributed by atoms with Crippen LogP contribution in [-0.2, 0) is 4.74 Å². The summed E-state index contributed by atoms with van der Waals surface area (Å²) in [6.45, 7) is -0.251. The predicted molar refractivity (Wildman–Crippen MR) is 74.6 cm³/mol. The third-order valence-corrected chi connectivity index (χ3v) is 3.65. The number of hydrogen-bond acceptors (Lipinski definition) is 8. The molecule has 2 aromatic rings. The molecule has 1 aliphatic rings. The summed E-state index contributed by atoms with van der Waals surface area (Å²) in [5, 5.41) is 19.4. The lowest BCUT2D eigenvalue weighted by atomic mass is 10.1. The highest BCUT2D eigenvalue weighted by Crippen LogP contribution is 2.31. The second-order valence-corrected chi connectivity index (χ2v) is 5.23. The van der Waals surface area contributed by atoms with Gasteiger partial charge < -0.3 is 25.6 Å². The standard InChI is InChI=1S/C12H18N6O3/c1-17(2)10-8-11(15-4-14-10)18(5-16-8)12-9(20)7(13)6(3-19)21-12/h4-7,9,12,19-20H,3,13H2,1-2H3/t6-,7-,9+,12+/m1/s1. The number of fused-ring (bicyclic) bond motifs is 1. The van der Waals surface area contributed by atoms with E-state index in [1.54, 1.807) is 4.57 Å². The van der Waals surface area contributed by atoms with Gasteiger partial charge >= 0.3 is 0 Å². The monoisotopic (exact) mass is 294 g/mol. The molecular formula is C12H18N6O3. The summed E-state index contributed by atoms with van der Waals surface area (Å²) in [5.41, 5.74) is 7.00. The molecule has 0 unspecified atom stereocenters. The molecule has 3 heterocycles. The fraction of sp³-hybridized carbons (Fsp3) is 0.583. The van der Waals surface area contributed by atoms with Crippen LogP contribution in [0.2, 0.25) is 0 Å². The number of nitrogens with two attached hydrogens (primary N) is 1. The van der Waals surface area contributed by atoms with Crippen LogP contribution in [0.15, 0.2) is 12.7 Å². The molecule has 1 aliphatic heterocycles. The molecule has 0 bridgehead atoms. The molecule has 4 N–H and O–H groups in total. The Hall–Kier alpha value is -1.81. The number of rotatable bonds is 3. The van der Waals surface area contributed by atoms with Gasteiger partial charge in [-0.3, -0.25) is 4.57 Å². The minimum Gasteiger partial charge on any atom is -0.394 e. The minimum atomic E-state index is -0.947. The first-order chi connectivity index (χ1) is 10.0. The minimum absolute atomic E-state index is 0.251. The smallest absolute Gasteiger partial charge is 0.167 e. The highest BCUT2D eigenvalue weighted by atomic mass is 16.5. The van der Waals surface area contributed by atoms with Gasteiger partial charge in [-0.2, -0.15) is 0 Å². The van der Waals surface area contributed by atoms with Crippen LogP contribution in [0.4, 0.5) is 5.82 Å². The molecular weight excluding hydrogens is 276 g/mol. The lowest BCUT2D eigenvalue weighted by Crippen LogP contribution is -2.41. The number of ether oxygens (including phenoxy) is 1. The zero-order valence-electron chi connectivity index (χ0n) is 11.8. The molecule has 9 nitrogen and oxygen atoms in total. The summed E-state index contributed by atoms with van der Waals surface area (Å²) in [6, 6.07) is -0.660. The molecule has 1 saturated heterocycles. The van der Waals surface area contributed by atoms with Crippen LogP contribution in [0.5, 0.6) is 0 Å². The third-order valence-electron chi connectivity index (χ3n) is 3.65. The molecule has 3 rings (SSSR count). The zero-order valence-corrected chi connectivity index (χ0v) is 11.8. The number of aliphatic hydroxyl groups is 2. The maximum atomic E-state index is 10.2. The Bertz CT molecular complexity index is 645. The van der Waals surface area contributed by atoms with Crippen LogP contribution in [0, 0.1) is 0 Å². The summed E-state index contributed by atoms with van der Waals surface area (Å²) in [4.78, 5) is 14.5. The number of aliphatic hydroxyl groups excluding tert-OH is 2. The Morgan fingerprint density at radius 2 is 2.14 bits per heavy atom. The summed E-state index contributed by atoms with van der Waals surface area (Å²) in [5.74, 6) is 0.675. The van der Waals surface area contributed by atoms with Gasteiger partial charge in [0.1, 0.15) is 18.5 Å². The Morgan fingerprint density at radius 3 is 2.76 bits per heavy atom. The van der Waals surface area contributed by atoms with Crippen molar-refractivity contribution in [3.8, 4) is 0 Å². The molecule has 0 radical (unpaired) electrons. The average Bonchev–Trinajstić information content (AvgIpc) is 3.01. The van der Waals surface area contributed by atoms with Gasteiger partial charge in [0.05, 0.1) is 19.0 Å². The van der Waals surface area contributed by atoms with Gasteiger partial charge in [-0.1, -0.05) is 0 Å². The van der Waals surface area contributed by atoms with Crippen LogP contribution in [0.1, 0.15) is 6.23 Å². The van der Waals surface area contributed by atoms with E-state index in [4.69, 9.17) is 10.5 Å². The Kier molecular flexibility index (Phi) is 3.49. The van der Waals surface area contributed by atoms with E-state index >= 15 is 0 Å². The van der Waals surface area contributed by atoms with Crippen molar-refractivity contribution in [1.29, 1.82) is 0 Å². The van der Waals surface area contributed by atoms with E-state index in [0.717, 1.165) is 0 Å². The van der Waals surface area contributed by atoms with Gasteiger partial charge in [-0.25, -0.2) is 15.0 Å². The summed E-state index contributed by atoms with van der Waals surface area (Å²) >= 11 is 0. The molecule has 1 fully saturated rings. The maximum absolute atomic E-state index is 10.2. The lowest BCUT2D eigenvalue weighted by molar-refractivity contribution is -0.0488. The van der Waals surface area contributed by atoms with Gasteiger partial charge in [-0.15, -0.1) is 0 Å². The fourth-order valence-corrected chi connectivity index (χ4v) is 2.51. The number of imidazole rings is 1. The zero-order chi connectivity index (χ0) is 15.1.